The largest absolute Gasteiger partial charge is 0.507 e. The van der Waals surface area contributed by atoms with Crippen LogP contribution in [0.3, 0.4) is 0 Å². The van der Waals surface area contributed by atoms with E-state index in [4.69, 9.17) is 0 Å². The van der Waals surface area contributed by atoms with E-state index < -0.39 is 0 Å². The molecule has 2 aromatic rings. The van der Waals surface area contributed by atoms with Gasteiger partial charge in [0.15, 0.2) is 0 Å². The van der Waals surface area contributed by atoms with E-state index in [-0.39, 0.29) is 11.7 Å². The van der Waals surface area contributed by atoms with Crippen LogP contribution < -0.4 is 5.32 Å². The van der Waals surface area contributed by atoms with Gasteiger partial charge in [-0.15, -0.1) is 0 Å². The first-order valence-corrected chi connectivity index (χ1v) is 7.40. The third-order valence-electron chi connectivity index (χ3n) is 2.58. The first kappa shape index (κ1) is 14.3. The zero-order valence-corrected chi connectivity index (χ0v) is 13.8. The van der Waals surface area contributed by atoms with E-state index >= 15 is 0 Å². The van der Waals surface area contributed by atoms with Crippen LogP contribution in [-0.2, 0) is 0 Å². The second kappa shape index (κ2) is 5.92. The van der Waals surface area contributed by atoms with Crippen molar-refractivity contribution in [2.24, 2.45) is 0 Å². The lowest BCUT2D eigenvalue weighted by Crippen LogP contribution is -2.12. The van der Waals surface area contributed by atoms with Crippen LogP contribution in [0.1, 0.15) is 15.9 Å². The second-order valence-electron chi connectivity index (χ2n) is 4.10. The highest BCUT2D eigenvalue weighted by Crippen LogP contribution is 2.25. The summed E-state index contributed by atoms with van der Waals surface area (Å²) in [5.74, 6) is -0.146. The second-order valence-corrected chi connectivity index (χ2v) is 6.12. The maximum absolute atomic E-state index is 12.1. The van der Waals surface area contributed by atoms with Gasteiger partial charge in [0, 0.05) is 10.0 Å². The van der Waals surface area contributed by atoms with Crippen molar-refractivity contribution in [1.82, 2.24) is 0 Å². The SMILES string of the molecule is Cc1ccc(NC(=O)c2ccc(I)c(O)c2)c(Br)c1. The van der Waals surface area contributed by atoms with Crippen molar-refractivity contribution in [2.45, 2.75) is 6.92 Å². The zero-order valence-electron chi connectivity index (χ0n) is 10.1. The molecule has 0 radical (unpaired) electrons. The molecule has 0 aliphatic heterocycles. The number of anilines is 1. The molecule has 3 nitrogen and oxygen atoms in total. The Morgan fingerprint density at radius 1 is 1.26 bits per heavy atom. The standard InChI is InChI=1S/C14H11BrINO2/c1-8-2-5-12(10(15)6-8)17-14(19)9-3-4-11(16)13(18)7-9/h2-7,18H,1H3,(H,17,19). The number of phenols is 1. The van der Waals surface area contributed by atoms with Crippen molar-refractivity contribution in [1.29, 1.82) is 0 Å². The van der Waals surface area contributed by atoms with E-state index in [1.807, 2.05) is 47.7 Å². The Balaban J connectivity index is 2.23. The lowest BCUT2D eigenvalue weighted by molar-refractivity contribution is 0.102. The average Bonchev–Trinajstić information content (AvgIpc) is 2.36. The lowest BCUT2D eigenvalue weighted by Gasteiger charge is -2.08. The Kier molecular flexibility index (Phi) is 4.46. The average molecular weight is 432 g/mol. The number of amides is 1. The van der Waals surface area contributed by atoms with Crippen molar-refractivity contribution >= 4 is 50.1 Å². The molecular weight excluding hydrogens is 421 g/mol. The van der Waals surface area contributed by atoms with E-state index in [0.29, 0.717) is 14.8 Å². The molecule has 0 saturated carbocycles. The molecule has 0 bridgehead atoms. The Bertz CT molecular complexity index is 643. The molecule has 2 N–H and O–H groups in total. The summed E-state index contributed by atoms with van der Waals surface area (Å²) in [6.07, 6.45) is 0. The summed E-state index contributed by atoms with van der Waals surface area (Å²) in [4.78, 5) is 12.1. The monoisotopic (exact) mass is 431 g/mol. The fourth-order valence-corrected chi connectivity index (χ4v) is 2.50. The molecule has 0 spiro atoms. The normalized spacial score (nSPS) is 10.3. The Morgan fingerprint density at radius 3 is 2.63 bits per heavy atom. The first-order chi connectivity index (χ1) is 8.97. The fourth-order valence-electron chi connectivity index (χ4n) is 1.57. The molecule has 0 aliphatic rings. The number of rotatable bonds is 2. The molecule has 0 fully saturated rings. The molecule has 5 heteroatoms. The summed E-state index contributed by atoms with van der Waals surface area (Å²) in [6, 6.07) is 10.5. The highest BCUT2D eigenvalue weighted by Gasteiger charge is 2.10. The van der Waals surface area contributed by atoms with Gasteiger partial charge in [-0.25, -0.2) is 0 Å². The van der Waals surface area contributed by atoms with Gasteiger partial charge >= 0.3 is 0 Å². The van der Waals surface area contributed by atoms with Crippen molar-refractivity contribution in [2.75, 3.05) is 5.32 Å². The highest BCUT2D eigenvalue weighted by atomic mass is 127. The molecule has 0 atom stereocenters. The van der Waals surface area contributed by atoms with Crippen LogP contribution in [0.25, 0.3) is 0 Å². The maximum atomic E-state index is 12.1. The number of nitrogens with one attached hydrogen (secondary N) is 1. The summed E-state index contributed by atoms with van der Waals surface area (Å²) in [7, 11) is 0. The van der Waals surface area contributed by atoms with Gasteiger partial charge in [0.1, 0.15) is 5.75 Å². The van der Waals surface area contributed by atoms with E-state index in [1.165, 1.54) is 6.07 Å². The summed E-state index contributed by atoms with van der Waals surface area (Å²) in [5.41, 5.74) is 2.23. The van der Waals surface area contributed by atoms with Gasteiger partial charge in [0.05, 0.1) is 9.26 Å². The maximum Gasteiger partial charge on any atom is 0.255 e. The molecule has 2 rings (SSSR count). The van der Waals surface area contributed by atoms with Gasteiger partial charge in [-0.2, -0.15) is 0 Å². The van der Waals surface area contributed by atoms with E-state index in [1.54, 1.807) is 12.1 Å². The van der Waals surface area contributed by atoms with Gasteiger partial charge in [0.25, 0.3) is 5.91 Å². The van der Waals surface area contributed by atoms with E-state index in [9.17, 15) is 9.90 Å². The van der Waals surface area contributed by atoms with Gasteiger partial charge in [-0.1, -0.05) is 6.07 Å². The number of aryl methyl sites for hydroxylation is 1. The quantitative estimate of drug-likeness (QED) is 0.695. The highest BCUT2D eigenvalue weighted by molar-refractivity contribution is 14.1. The van der Waals surface area contributed by atoms with Crippen LogP contribution in [0.4, 0.5) is 5.69 Å². The van der Waals surface area contributed by atoms with Crippen LogP contribution in [0.15, 0.2) is 40.9 Å². The van der Waals surface area contributed by atoms with Crippen LogP contribution in [0.5, 0.6) is 5.75 Å². The van der Waals surface area contributed by atoms with Crippen molar-refractivity contribution in [3.63, 3.8) is 0 Å². The number of hydrogen-bond donors (Lipinski definition) is 2. The molecule has 0 saturated heterocycles. The minimum atomic E-state index is -0.253. The molecule has 98 valence electrons. The molecule has 0 unspecified atom stereocenters. The summed E-state index contributed by atoms with van der Waals surface area (Å²) < 4.78 is 1.54. The van der Waals surface area contributed by atoms with Crippen molar-refractivity contribution in [3.05, 3.63) is 55.6 Å². The summed E-state index contributed by atoms with van der Waals surface area (Å²) >= 11 is 5.42. The fraction of sp³-hybridized carbons (Fsp3) is 0.0714. The van der Waals surface area contributed by atoms with Crippen LogP contribution in [-0.4, -0.2) is 11.0 Å². The topological polar surface area (TPSA) is 49.3 Å². The predicted molar refractivity (Wildman–Crippen MR) is 87.7 cm³/mol. The zero-order chi connectivity index (χ0) is 14.0. The van der Waals surface area contributed by atoms with Crippen molar-refractivity contribution in [3.8, 4) is 5.75 Å². The third-order valence-corrected chi connectivity index (χ3v) is 4.15. The number of hydrogen-bond acceptors (Lipinski definition) is 2. The third kappa shape index (κ3) is 3.48. The van der Waals surface area contributed by atoms with Gasteiger partial charge in [-0.3, -0.25) is 4.79 Å². The molecule has 0 aliphatic carbocycles. The molecule has 1 amide bonds. The van der Waals surface area contributed by atoms with Crippen LogP contribution in [0.2, 0.25) is 0 Å². The van der Waals surface area contributed by atoms with E-state index in [0.717, 1.165) is 10.0 Å². The summed E-state index contributed by atoms with van der Waals surface area (Å²) in [5, 5.41) is 12.4. The van der Waals surface area contributed by atoms with Gasteiger partial charge < -0.3 is 10.4 Å². The van der Waals surface area contributed by atoms with Crippen molar-refractivity contribution < 1.29 is 9.90 Å². The van der Waals surface area contributed by atoms with E-state index in [2.05, 4.69) is 21.2 Å². The number of carbonyl (C=O) groups excluding carboxylic acids is 1. The molecule has 0 aromatic heterocycles. The molecular formula is C14H11BrINO2. The first-order valence-electron chi connectivity index (χ1n) is 5.53. The Morgan fingerprint density at radius 2 is 2.00 bits per heavy atom. The molecule has 19 heavy (non-hydrogen) atoms. The minimum Gasteiger partial charge on any atom is -0.507 e. The van der Waals surface area contributed by atoms with Crippen LogP contribution in [0, 0.1) is 10.5 Å². The van der Waals surface area contributed by atoms with Crippen LogP contribution >= 0.6 is 38.5 Å². The van der Waals surface area contributed by atoms with Gasteiger partial charge in [-0.05, 0) is 81.3 Å². The number of aromatic hydroxyl groups is 1. The predicted octanol–water partition coefficient (Wildman–Crippen LogP) is 4.32. The number of benzene rings is 2. The number of halogens is 2. The Hall–Kier alpha value is -1.08. The molecule has 0 heterocycles. The lowest BCUT2D eigenvalue weighted by atomic mass is 10.2. The minimum absolute atomic E-state index is 0.108. The number of carbonyl (C=O) groups is 1. The molecule has 2 aromatic carbocycles. The smallest absolute Gasteiger partial charge is 0.255 e. The van der Waals surface area contributed by atoms with Gasteiger partial charge in [0.2, 0.25) is 0 Å². The Labute approximate surface area is 133 Å². The summed E-state index contributed by atoms with van der Waals surface area (Å²) in [6.45, 7) is 1.98. The number of phenolic OH excluding ortho intramolecular Hbond substituents is 1.